The molecular formula is C12H13Cl2NSn. The average Bonchev–Trinajstić information content (AvgIpc) is 2.17. The number of hydrogen-bond donors (Lipinski definition) is 0. The van der Waals surface area contributed by atoms with E-state index in [1.165, 1.54) is 3.58 Å². The fourth-order valence-electron chi connectivity index (χ4n) is 1.53. The van der Waals surface area contributed by atoms with Crippen molar-refractivity contribution >= 4 is 56.1 Å². The molecule has 0 spiro atoms. The third-order valence-corrected chi connectivity index (χ3v) is 9.04. The molecule has 0 unspecified atom stereocenters. The monoisotopic (exact) mass is 361 g/mol. The molecule has 1 nitrogen and oxygen atoms in total. The topological polar surface area (TPSA) is 12.9 Å². The van der Waals surface area contributed by atoms with Gasteiger partial charge in [-0.05, 0) is 0 Å². The Kier molecular flexibility index (Phi) is 3.39. The normalized spacial score (nSPS) is 12.1. The van der Waals surface area contributed by atoms with Gasteiger partial charge in [0.05, 0.1) is 0 Å². The molecule has 2 aromatic rings. The van der Waals surface area contributed by atoms with Gasteiger partial charge in [-0.25, -0.2) is 0 Å². The van der Waals surface area contributed by atoms with Gasteiger partial charge in [-0.3, -0.25) is 0 Å². The second kappa shape index (κ2) is 4.35. The van der Waals surface area contributed by atoms with Crippen molar-refractivity contribution in [2.24, 2.45) is 0 Å². The standard InChI is InChI=1S/C9H4Cl2N.3CH3.Sn/c10-7-4-6-2-1-3-12-9(6)5-8(7)11;;;;/h2-5H;3*1H3;. The van der Waals surface area contributed by atoms with Gasteiger partial charge in [-0.15, -0.1) is 0 Å². The van der Waals surface area contributed by atoms with Crippen LogP contribution in [0.4, 0.5) is 0 Å². The Morgan fingerprint density at radius 1 is 1.00 bits per heavy atom. The molecule has 0 bridgehead atoms. The maximum absolute atomic E-state index is 6.01. The van der Waals surface area contributed by atoms with Crippen molar-refractivity contribution in [3.8, 4) is 0 Å². The molecule has 0 N–H and O–H groups in total. The molecule has 0 aliphatic carbocycles. The molecule has 0 saturated carbocycles. The van der Waals surface area contributed by atoms with Crippen molar-refractivity contribution < 1.29 is 0 Å². The summed E-state index contributed by atoms with van der Waals surface area (Å²) in [7, 11) is 0. The molecule has 4 heteroatoms. The summed E-state index contributed by atoms with van der Waals surface area (Å²) >= 11 is 9.93. The van der Waals surface area contributed by atoms with Gasteiger partial charge in [0.1, 0.15) is 0 Å². The second-order valence-corrected chi connectivity index (χ2v) is 20.2. The van der Waals surface area contributed by atoms with Gasteiger partial charge in [-0.1, -0.05) is 0 Å². The van der Waals surface area contributed by atoms with Crippen LogP contribution in [-0.4, -0.2) is 23.4 Å². The van der Waals surface area contributed by atoms with E-state index < -0.39 is 18.4 Å². The minimum atomic E-state index is -2.04. The quantitative estimate of drug-likeness (QED) is 0.698. The zero-order valence-electron chi connectivity index (χ0n) is 9.51. The van der Waals surface area contributed by atoms with Crippen LogP contribution < -0.4 is 3.58 Å². The van der Waals surface area contributed by atoms with Crippen LogP contribution in [0.3, 0.4) is 0 Å². The van der Waals surface area contributed by atoms with Gasteiger partial charge in [0, 0.05) is 0 Å². The summed E-state index contributed by atoms with van der Waals surface area (Å²) in [4.78, 5) is 11.6. The Bertz CT molecular complexity index is 546. The van der Waals surface area contributed by atoms with E-state index in [1.54, 1.807) is 0 Å². The van der Waals surface area contributed by atoms with E-state index in [0.29, 0.717) is 10.0 Å². The fraction of sp³-hybridized carbons (Fsp3) is 0.250. The van der Waals surface area contributed by atoms with Crippen LogP contribution in [0.25, 0.3) is 10.9 Å². The predicted octanol–water partition coefficient (Wildman–Crippen LogP) is 4.09. The van der Waals surface area contributed by atoms with Crippen LogP contribution in [0, 0.1) is 0 Å². The SMILES string of the molecule is [CH3][Sn]([CH3])([CH3])[c]1cnc2cc(Cl)c(Cl)cc2c1. The van der Waals surface area contributed by atoms with Gasteiger partial charge in [0.2, 0.25) is 0 Å². The van der Waals surface area contributed by atoms with Crippen LogP contribution in [0.2, 0.25) is 24.9 Å². The van der Waals surface area contributed by atoms with Crippen molar-refractivity contribution in [1.82, 2.24) is 4.98 Å². The number of pyridine rings is 1. The van der Waals surface area contributed by atoms with Crippen LogP contribution >= 0.6 is 23.2 Å². The van der Waals surface area contributed by atoms with E-state index in [4.69, 9.17) is 23.2 Å². The van der Waals surface area contributed by atoms with Gasteiger partial charge in [-0.2, -0.15) is 0 Å². The Hall–Kier alpha value is 0.00870. The third-order valence-electron chi connectivity index (χ3n) is 2.59. The zero-order valence-corrected chi connectivity index (χ0v) is 13.9. The maximum atomic E-state index is 6.01. The zero-order chi connectivity index (χ0) is 11.9. The Morgan fingerprint density at radius 2 is 1.62 bits per heavy atom. The molecule has 1 heterocycles. The summed E-state index contributed by atoms with van der Waals surface area (Å²) in [5.41, 5.74) is 0.911. The summed E-state index contributed by atoms with van der Waals surface area (Å²) in [5.74, 6) is 0. The first-order valence-electron chi connectivity index (χ1n) is 5.13. The Morgan fingerprint density at radius 3 is 2.25 bits per heavy atom. The molecule has 0 amide bonds. The summed E-state index contributed by atoms with van der Waals surface area (Å²) in [5, 5.41) is 2.24. The van der Waals surface area contributed by atoms with Crippen molar-refractivity contribution in [3.05, 3.63) is 34.4 Å². The van der Waals surface area contributed by atoms with E-state index in [9.17, 15) is 0 Å². The second-order valence-electron chi connectivity index (χ2n) is 4.93. The molecule has 0 atom stereocenters. The molecule has 0 aliphatic rings. The molecule has 0 fully saturated rings. The Balaban J connectivity index is 2.67. The van der Waals surface area contributed by atoms with Crippen molar-refractivity contribution in [2.45, 2.75) is 14.8 Å². The summed E-state index contributed by atoms with van der Waals surface area (Å²) in [6, 6.07) is 5.93. The summed E-state index contributed by atoms with van der Waals surface area (Å²) in [6.45, 7) is 0. The first kappa shape index (κ1) is 12.5. The number of nitrogens with zero attached hydrogens (tertiary/aromatic N) is 1. The number of fused-ring (bicyclic) bond motifs is 1. The minimum absolute atomic E-state index is 0.564. The predicted molar refractivity (Wildman–Crippen MR) is 74.7 cm³/mol. The molecule has 0 aliphatic heterocycles. The number of halogens is 2. The van der Waals surface area contributed by atoms with E-state index >= 15 is 0 Å². The molecule has 0 saturated heterocycles. The van der Waals surface area contributed by atoms with Gasteiger partial charge >= 0.3 is 110 Å². The van der Waals surface area contributed by atoms with Crippen LogP contribution in [0.1, 0.15) is 0 Å². The van der Waals surface area contributed by atoms with Gasteiger partial charge < -0.3 is 0 Å². The third kappa shape index (κ3) is 2.47. The molecular weight excluding hydrogens is 348 g/mol. The first-order chi connectivity index (χ1) is 7.38. The van der Waals surface area contributed by atoms with Crippen molar-refractivity contribution in [1.29, 1.82) is 0 Å². The van der Waals surface area contributed by atoms with E-state index in [1.807, 2.05) is 18.3 Å². The first-order valence-corrected chi connectivity index (χ1v) is 15.9. The number of hydrogen-bond acceptors (Lipinski definition) is 1. The van der Waals surface area contributed by atoms with Crippen LogP contribution in [0.15, 0.2) is 24.4 Å². The average molecular weight is 361 g/mol. The van der Waals surface area contributed by atoms with Gasteiger partial charge in [0.15, 0.2) is 0 Å². The van der Waals surface area contributed by atoms with Crippen LogP contribution in [-0.2, 0) is 0 Å². The van der Waals surface area contributed by atoms with E-state index in [2.05, 4.69) is 25.9 Å². The van der Waals surface area contributed by atoms with E-state index in [-0.39, 0.29) is 0 Å². The number of aromatic nitrogens is 1. The summed E-state index contributed by atoms with van der Waals surface area (Å²) < 4.78 is 1.40. The summed E-state index contributed by atoms with van der Waals surface area (Å²) in [6.07, 6.45) is 1.99. The molecule has 2 rings (SSSR count). The molecule has 84 valence electrons. The number of benzene rings is 1. The van der Waals surface area contributed by atoms with E-state index in [0.717, 1.165) is 10.9 Å². The van der Waals surface area contributed by atoms with Crippen molar-refractivity contribution in [3.63, 3.8) is 0 Å². The van der Waals surface area contributed by atoms with Crippen molar-refractivity contribution in [2.75, 3.05) is 0 Å². The molecule has 1 aromatic heterocycles. The molecule has 16 heavy (non-hydrogen) atoms. The van der Waals surface area contributed by atoms with Crippen LogP contribution in [0.5, 0.6) is 0 Å². The van der Waals surface area contributed by atoms with Gasteiger partial charge in [0.25, 0.3) is 0 Å². The number of rotatable bonds is 1. The molecule has 0 radical (unpaired) electrons. The fourth-order valence-corrected chi connectivity index (χ4v) is 4.83. The molecule has 1 aromatic carbocycles. The Labute approximate surface area is 110 Å².